The fourth-order valence-electron chi connectivity index (χ4n) is 3.40. The van der Waals surface area contributed by atoms with Gasteiger partial charge in [0.25, 0.3) is 5.91 Å². The van der Waals surface area contributed by atoms with Crippen LogP contribution in [0.5, 0.6) is 11.5 Å². The molecule has 0 bridgehead atoms. The van der Waals surface area contributed by atoms with Crippen molar-refractivity contribution in [1.29, 1.82) is 0 Å². The van der Waals surface area contributed by atoms with Crippen LogP contribution in [0.25, 0.3) is 0 Å². The third kappa shape index (κ3) is 3.53. The number of Topliss-reactive ketones (excluding diaryl/α,β-unsaturated/α-hetero) is 1. The summed E-state index contributed by atoms with van der Waals surface area (Å²) in [7, 11) is 1.56. The zero-order valence-electron chi connectivity index (χ0n) is 15.7. The largest absolute Gasteiger partial charge is 0.493 e. The molecule has 6 nitrogen and oxygen atoms in total. The number of methoxy groups -OCH3 is 1. The maximum absolute atomic E-state index is 12.9. The summed E-state index contributed by atoms with van der Waals surface area (Å²) in [6, 6.07) is 12.7. The van der Waals surface area contributed by atoms with E-state index in [0.717, 1.165) is 5.56 Å². The van der Waals surface area contributed by atoms with E-state index in [-0.39, 0.29) is 25.4 Å². The second kappa shape index (κ2) is 7.40. The highest BCUT2D eigenvalue weighted by atomic mass is 16.5. The molecule has 1 unspecified atom stereocenters. The van der Waals surface area contributed by atoms with Gasteiger partial charge in [0.1, 0.15) is 12.4 Å². The van der Waals surface area contributed by atoms with E-state index in [4.69, 9.17) is 9.47 Å². The van der Waals surface area contributed by atoms with Crippen LogP contribution >= 0.6 is 0 Å². The summed E-state index contributed by atoms with van der Waals surface area (Å²) in [5.74, 6) is 0.441. The van der Waals surface area contributed by atoms with Crippen molar-refractivity contribution in [1.82, 2.24) is 0 Å². The Morgan fingerprint density at radius 3 is 2.56 bits per heavy atom. The Morgan fingerprint density at radius 1 is 1.19 bits per heavy atom. The van der Waals surface area contributed by atoms with Gasteiger partial charge in [0.2, 0.25) is 0 Å². The molecule has 1 heterocycles. The fraction of sp³-hybridized carbons (Fsp3) is 0.333. The second-order valence-corrected chi connectivity index (χ2v) is 6.72. The normalized spacial score (nSPS) is 18.4. The van der Waals surface area contributed by atoms with Gasteiger partial charge < -0.3 is 19.5 Å². The molecule has 27 heavy (non-hydrogen) atoms. The first-order valence-corrected chi connectivity index (χ1v) is 8.77. The Kier molecular flexibility index (Phi) is 5.19. The number of ketones is 1. The number of nitrogens with zero attached hydrogens (tertiary/aromatic N) is 1. The van der Waals surface area contributed by atoms with Crippen molar-refractivity contribution in [3.63, 3.8) is 0 Å². The van der Waals surface area contributed by atoms with E-state index in [2.05, 4.69) is 0 Å². The summed E-state index contributed by atoms with van der Waals surface area (Å²) in [6.07, 6.45) is -0.244. The Bertz CT molecular complexity index is 879. The third-order valence-electron chi connectivity index (χ3n) is 4.63. The van der Waals surface area contributed by atoms with Crippen LogP contribution in [0, 0.1) is 6.92 Å². The van der Waals surface area contributed by atoms with Gasteiger partial charge in [-0.1, -0.05) is 29.8 Å². The first kappa shape index (κ1) is 18.9. The van der Waals surface area contributed by atoms with Crippen molar-refractivity contribution in [3.8, 4) is 11.5 Å². The van der Waals surface area contributed by atoms with Crippen LogP contribution in [0.4, 0.5) is 5.69 Å². The number of anilines is 1. The number of para-hydroxylation sites is 2. The minimum Gasteiger partial charge on any atom is -0.493 e. The van der Waals surface area contributed by atoms with Gasteiger partial charge in [0.15, 0.2) is 17.1 Å². The molecule has 3 rings (SSSR count). The van der Waals surface area contributed by atoms with Crippen LogP contribution in [-0.4, -0.2) is 37.1 Å². The van der Waals surface area contributed by atoms with E-state index in [0.29, 0.717) is 22.7 Å². The van der Waals surface area contributed by atoms with Crippen molar-refractivity contribution in [3.05, 3.63) is 53.6 Å². The highest BCUT2D eigenvalue weighted by Crippen LogP contribution is 2.42. The predicted molar refractivity (Wildman–Crippen MR) is 101 cm³/mol. The summed E-state index contributed by atoms with van der Waals surface area (Å²) in [5, 5.41) is 11.0. The number of rotatable bonds is 7. The third-order valence-corrected chi connectivity index (χ3v) is 4.63. The van der Waals surface area contributed by atoms with Gasteiger partial charge in [-0.25, -0.2) is 0 Å². The molecule has 0 spiro atoms. The number of aryl methyl sites for hydroxylation is 1. The van der Waals surface area contributed by atoms with Gasteiger partial charge in [0.05, 0.1) is 19.3 Å². The molecule has 0 aliphatic carbocycles. The van der Waals surface area contributed by atoms with E-state index in [1.54, 1.807) is 31.4 Å². The van der Waals surface area contributed by atoms with Gasteiger partial charge in [-0.05, 0) is 32.0 Å². The van der Waals surface area contributed by atoms with E-state index < -0.39 is 11.5 Å². The monoisotopic (exact) mass is 369 g/mol. The Balaban J connectivity index is 1.82. The van der Waals surface area contributed by atoms with Crippen LogP contribution < -0.4 is 14.4 Å². The zero-order chi connectivity index (χ0) is 19.6. The lowest BCUT2D eigenvalue weighted by atomic mass is 9.89. The van der Waals surface area contributed by atoms with Crippen LogP contribution in [0.3, 0.4) is 0 Å². The van der Waals surface area contributed by atoms with Crippen molar-refractivity contribution in [2.45, 2.75) is 25.9 Å². The van der Waals surface area contributed by atoms with Crippen molar-refractivity contribution in [2.75, 3.05) is 25.2 Å². The smallest absolute Gasteiger partial charge is 0.264 e. The molecule has 1 N–H and O–H groups in total. The molecular formula is C21H23NO5. The number of fused-ring (bicyclic) bond motifs is 1. The van der Waals surface area contributed by atoms with Crippen molar-refractivity contribution in [2.24, 2.45) is 0 Å². The molecule has 0 fully saturated rings. The van der Waals surface area contributed by atoms with Gasteiger partial charge in [-0.3, -0.25) is 9.59 Å². The highest BCUT2D eigenvalue weighted by Gasteiger charge is 2.50. The van der Waals surface area contributed by atoms with Gasteiger partial charge >= 0.3 is 0 Å². The summed E-state index contributed by atoms with van der Waals surface area (Å²) in [6.45, 7) is 3.71. The summed E-state index contributed by atoms with van der Waals surface area (Å²) in [4.78, 5) is 26.1. The lowest BCUT2D eigenvalue weighted by Crippen LogP contribution is -2.43. The number of amides is 1. The number of aliphatic hydroxyl groups is 1. The number of hydrogen-bond donors (Lipinski definition) is 1. The topological polar surface area (TPSA) is 76.1 Å². The lowest BCUT2D eigenvalue weighted by molar-refractivity contribution is -0.141. The molecule has 1 atom stereocenters. The molecule has 2 aromatic carbocycles. The molecule has 1 aliphatic heterocycles. The molecule has 0 saturated carbocycles. The number of benzene rings is 2. The molecule has 0 radical (unpaired) electrons. The molecule has 1 aliphatic rings. The molecular weight excluding hydrogens is 346 g/mol. The average molecular weight is 369 g/mol. The van der Waals surface area contributed by atoms with E-state index in [1.807, 2.05) is 25.1 Å². The van der Waals surface area contributed by atoms with E-state index >= 15 is 0 Å². The number of ether oxygens (including phenoxy) is 2. The number of carbonyl (C=O) groups excluding carboxylic acids is 2. The molecule has 6 heteroatoms. The SMILES string of the molecule is COc1ccccc1OCCN1C(=O)C(O)(CC(C)=O)c2cc(C)ccc21. The number of carbonyl (C=O) groups is 2. The molecule has 0 saturated heterocycles. The van der Waals surface area contributed by atoms with Gasteiger partial charge in [-0.2, -0.15) is 0 Å². The van der Waals surface area contributed by atoms with E-state index in [1.165, 1.54) is 11.8 Å². The fourth-order valence-corrected chi connectivity index (χ4v) is 3.40. The average Bonchev–Trinajstić information content (AvgIpc) is 2.83. The standard InChI is InChI=1S/C21H23NO5/c1-14-8-9-17-16(12-14)21(25,13-15(2)23)20(24)22(17)10-11-27-19-7-5-4-6-18(19)26-3/h4-9,12,25H,10-11,13H2,1-3H3. The Hall–Kier alpha value is -2.86. The number of hydrogen-bond acceptors (Lipinski definition) is 5. The quantitative estimate of drug-likeness (QED) is 0.812. The maximum Gasteiger partial charge on any atom is 0.264 e. The molecule has 2 aromatic rings. The highest BCUT2D eigenvalue weighted by molar-refractivity contribution is 6.08. The van der Waals surface area contributed by atoms with E-state index in [9.17, 15) is 14.7 Å². The van der Waals surface area contributed by atoms with Crippen molar-refractivity contribution >= 4 is 17.4 Å². The minimum atomic E-state index is -1.82. The maximum atomic E-state index is 12.9. The molecule has 0 aromatic heterocycles. The lowest BCUT2D eigenvalue weighted by Gasteiger charge is -2.22. The molecule has 142 valence electrons. The predicted octanol–water partition coefficient (Wildman–Crippen LogP) is 2.60. The summed E-state index contributed by atoms with van der Waals surface area (Å²) < 4.78 is 11.0. The van der Waals surface area contributed by atoms with Gasteiger partial charge in [-0.15, -0.1) is 0 Å². The Morgan fingerprint density at radius 2 is 1.89 bits per heavy atom. The summed E-state index contributed by atoms with van der Waals surface area (Å²) >= 11 is 0. The van der Waals surface area contributed by atoms with Crippen molar-refractivity contribution < 1.29 is 24.2 Å². The Labute approximate surface area is 158 Å². The first-order valence-electron chi connectivity index (χ1n) is 8.77. The first-order chi connectivity index (χ1) is 12.9. The van der Waals surface area contributed by atoms with Crippen LogP contribution in [0.15, 0.2) is 42.5 Å². The summed E-state index contributed by atoms with van der Waals surface area (Å²) in [5.41, 5.74) is 0.172. The van der Waals surface area contributed by atoms with Crippen LogP contribution in [-0.2, 0) is 15.2 Å². The van der Waals surface area contributed by atoms with Crippen LogP contribution in [0.1, 0.15) is 24.5 Å². The molecule has 1 amide bonds. The van der Waals surface area contributed by atoms with Crippen LogP contribution in [0.2, 0.25) is 0 Å². The minimum absolute atomic E-state index is 0.218. The van der Waals surface area contributed by atoms with Gasteiger partial charge in [0, 0.05) is 12.0 Å². The zero-order valence-corrected chi connectivity index (χ0v) is 15.7. The second-order valence-electron chi connectivity index (χ2n) is 6.72.